The average molecular weight is 201 g/mol. The minimum absolute atomic E-state index is 0.369. The zero-order chi connectivity index (χ0) is 10.3. The van der Waals surface area contributed by atoms with E-state index >= 15 is 0 Å². The van der Waals surface area contributed by atoms with E-state index in [4.69, 9.17) is 0 Å². The monoisotopic (exact) mass is 201 g/mol. The quantitative estimate of drug-likeness (QED) is 0.726. The zero-order valence-electron chi connectivity index (χ0n) is 8.73. The minimum Gasteiger partial charge on any atom is -0.299 e. The molecule has 1 saturated heterocycles. The number of benzene rings is 1. The van der Waals surface area contributed by atoms with Gasteiger partial charge in [0.15, 0.2) is 0 Å². The van der Waals surface area contributed by atoms with E-state index in [2.05, 4.69) is 29.2 Å². The Bertz CT molecular complexity index is 373. The molecule has 2 atom stereocenters. The lowest BCUT2D eigenvalue weighted by atomic mass is 9.75. The molecule has 2 aliphatic rings. The fourth-order valence-electron chi connectivity index (χ4n) is 2.75. The summed E-state index contributed by atoms with van der Waals surface area (Å²) in [6.45, 7) is 3.10. The molecule has 2 unspecified atom stereocenters. The van der Waals surface area contributed by atoms with Crippen molar-refractivity contribution in [1.82, 2.24) is 4.90 Å². The van der Waals surface area contributed by atoms with E-state index < -0.39 is 0 Å². The van der Waals surface area contributed by atoms with Crippen LogP contribution in [0.2, 0.25) is 0 Å². The molecule has 1 aliphatic carbocycles. The molecule has 2 nitrogen and oxygen atoms in total. The minimum atomic E-state index is 0.369. The number of fused-ring (bicyclic) bond motifs is 1. The van der Waals surface area contributed by atoms with Crippen LogP contribution in [0.5, 0.6) is 0 Å². The molecule has 0 radical (unpaired) electrons. The van der Waals surface area contributed by atoms with Crippen LogP contribution in [-0.4, -0.2) is 23.8 Å². The largest absolute Gasteiger partial charge is 0.299 e. The van der Waals surface area contributed by atoms with Gasteiger partial charge in [-0.25, -0.2) is 0 Å². The van der Waals surface area contributed by atoms with E-state index in [1.165, 1.54) is 5.56 Å². The van der Waals surface area contributed by atoms with Gasteiger partial charge in [0.05, 0.1) is 0 Å². The second-order valence-corrected chi connectivity index (χ2v) is 4.72. The number of likely N-dealkylation sites (tertiary alicyclic amines) is 1. The van der Waals surface area contributed by atoms with Crippen molar-refractivity contribution < 1.29 is 4.79 Å². The van der Waals surface area contributed by atoms with Gasteiger partial charge in [-0.3, -0.25) is 9.69 Å². The Morgan fingerprint density at radius 1 is 1.20 bits per heavy atom. The standard InChI is InChI=1S/C13H15NO/c15-13-6-11-8-14(9-12(11)13)7-10-4-2-1-3-5-10/h1-5,11-12H,6-9H2. The van der Waals surface area contributed by atoms with Gasteiger partial charge < -0.3 is 0 Å². The molecule has 1 heterocycles. The number of Topliss-reactive ketones (excluding diaryl/α,β-unsaturated/α-hetero) is 1. The van der Waals surface area contributed by atoms with Crippen LogP contribution in [0.3, 0.4) is 0 Å². The van der Waals surface area contributed by atoms with Crippen molar-refractivity contribution in [3.05, 3.63) is 35.9 Å². The van der Waals surface area contributed by atoms with Gasteiger partial charge in [0.25, 0.3) is 0 Å². The molecular weight excluding hydrogens is 186 g/mol. The van der Waals surface area contributed by atoms with Crippen LogP contribution >= 0.6 is 0 Å². The summed E-state index contributed by atoms with van der Waals surface area (Å²) in [5.74, 6) is 1.52. The Labute approximate surface area is 89.9 Å². The third-order valence-corrected chi connectivity index (χ3v) is 3.64. The average Bonchev–Trinajstić information content (AvgIpc) is 2.57. The lowest BCUT2D eigenvalue weighted by Gasteiger charge is -2.26. The first-order valence-corrected chi connectivity index (χ1v) is 5.62. The molecule has 15 heavy (non-hydrogen) atoms. The molecule has 3 rings (SSSR count). The Hall–Kier alpha value is -1.15. The molecule has 1 saturated carbocycles. The molecule has 78 valence electrons. The van der Waals surface area contributed by atoms with Gasteiger partial charge in [-0.15, -0.1) is 0 Å². The topological polar surface area (TPSA) is 20.3 Å². The van der Waals surface area contributed by atoms with Gasteiger partial charge >= 0.3 is 0 Å². The second kappa shape index (κ2) is 3.46. The molecule has 0 spiro atoms. The summed E-state index contributed by atoms with van der Waals surface area (Å²) in [6, 6.07) is 10.5. The molecule has 1 aliphatic heterocycles. The summed E-state index contributed by atoms with van der Waals surface area (Å²) in [7, 11) is 0. The number of hydrogen-bond donors (Lipinski definition) is 0. The van der Waals surface area contributed by atoms with Crippen LogP contribution in [-0.2, 0) is 11.3 Å². The summed E-state index contributed by atoms with van der Waals surface area (Å²) < 4.78 is 0. The Kier molecular flexibility index (Phi) is 2.10. The predicted octanol–water partition coefficient (Wildman–Crippen LogP) is 1.71. The summed E-state index contributed by atoms with van der Waals surface area (Å²) >= 11 is 0. The maximum Gasteiger partial charge on any atom is 0.137 e. The van der Waals surface area contributed by atoms with Crippen molar-refractivity contribution in [3.63, 3.8) is 0 Å². The smallest absolute Gasteiger partial charge is 0.137 e. The molecule has 1 aromatic carbocycles. The van der Waals surface area contributed by atoms with Crippen molar-refractivity contribution in [2.24, 2.45) is 11.8 Å². The van der Waals surface area contributed by atoms with Crippen LogP contribution in [0.15, 0.2) is 30.3 Å². The Morgan fingerprint density at radius 2 is 2.00 bits per heavy atom. The molecule has 0 aromatic heterocycles. The number of carbonyl (C=O) groups excluding carboxylic acids is 1. The number of carbonyl (C=O) groups is 1. The van der Waals surface area contributed by atoms with Crippen LogP contribution < -0.4 is 0 Å². The molecule has 0 N–H and O–H groups in total. The molecule has 0 bridgehead atoms. The van der Waals surface area contributed by atoms with E-state index in [0.717, 1.165) is 26.1 Å². The maximum atomic E-state index is 11.3. The third kappa shape index (κ3) is 1.59. The summed E-state index contributed by atoms with van der Waals surface area (Å²) in [5, 5.41) is 0. The molecular formula is C13H15NO. The van der Waals surface area contributed by atoms with E-state index in [1.54, 1.807) is 0 Å². The van der Waals surface area contributed by atoms with Gasteiger partial charge in [0.2, 0.25) is 0 Å². The van der Waals surface area contributed by atoms with E-state index in [9.17, 15) is 4.79 Å². The first kappa shape index (κ1) is 9.10. The number of hydrogen-bond acceptors (Lipinski definition) is 2. The number of nitrogens with zero attached hydrogens (tertiary/aromatic N) is 1. The highest BCUT2D eigenvalue weighted by molar-refractivity contribution is 5.88. The van der Waals surface area contributed by atoms with Crippen LogP contribution in [0.4, 0.5) is 0 Å². The first-order valence-electron chi connectivity index (χ1n) is 5.62. The SMILES string of the molecule is O=C1CC2CN(Cc3ccccc3)CC12. The van der Waals surface area contributed by atoms with Crippen molar-refractivity contribution in [2.45, 2.75) is 13.0 Å². The van der Waals surface area contributed by atoms with Crippen LogP contribution in [0.25, 0.3) is 0 Å². The summed E-state index contributed by atoms with van der Waals surface area (Å²) in [5.41, 5.74) is 1.35. The molecule has 2 fully saturated rings. The van der Waals surface area contributed by atoms with E-state index in [0.29, 0.717) is 17.6 Å². The third-order valence-electron chi connectivity index (χ3n) is 3.64. The van der Waals surface area contributed by atoms with Crippen molar-refractivity contribution in [3.8, 4) is 0 Å². The Balaban J connectivity index is 1.64. The molecule has 2 heteroatoms. The highest BCUT2D eigenvalue weighted by Crippen LogP contribution is 2.37. The van der Waals surface area contributed by atoms with Crippen molar-refractivity contribution in [1.29, 1.82) is 0 Å². The maximum absolute atomic E-state index is 11.3. The summed E-state index contributed by atoms with van der Waals surface area (Å²) in [4.78, 5) is 13.7. The molecule has 0 amide bonds. The van der Waals surface area contributed by atoms with Gasteiger partial charge in [-0.05, 0) is 11.5 Å². The Morgan fingerprint density at radius 3 is 2.67 bits per heavy atom. The first-order chi connectivity index (χ1) is 7.33. The zero-order valence-corrected chi connectivity index (χ0v) is 8.73. The van der Waals surface area contributed by atoms with Gasteiger partial charge in [-0.2, -0.15) is 0 Å². The number of ketones is 1. The van der Waals surface area contributed by atoms with Crippen LogP contribution in [0, 0.1) is 11.8 Å². The fourth-order valence-corrected chi connectivity index (χ4v) is 2.75. The highest BCUT2D eigenvalue weighted by Gasteiger charge is 2.45. The highest BCUT2D eigenvalue weighted by atomic mass is 16.1. The summed E-state index contributed by atoms with van der Waals surface area (Å²) in [6.07, 6.45) is 0.829. The fraction of sp³-hybridized carbons (Fsp3) is 0.462. The van der Waals surface area contributed by atoms with Crippen molar-refractivity contribution in [2.75, 3.05) is 13.1 Å². The lowest BCUT2D eigenvalue weighted by Crippen LogP contribution is -2.35. The van der Waals surface area contributed by atoms with Crippen LogP contribution in [0.1, 0.15) is 12.0 Å². The number of rotatable bonds is 2. The molecule has 1 aromatic rings. The van der Waals surface area contributed by atoms with Gasteiger partial charge in [-0.1, -0.05) is 30.3 Å². The van der Waals surface area contributed by atoms with Crippen molar-refractivity contribution >= 4 is 5.78 Å². The second-order valence-electron chi connectivity index (χ2n) is 4.72. The van der Waals surface area contributed by atoms with E-state index in [1.807, 2.05) is 6.07 Å². The van der Waals surface area contributed by atoms with Gasteiger partial charge in [0, 0.05) is 32.0 Å². The normalized spacial score (nSPS) is 30.0. The van der Waals surface area contributed by atoms with E-state index in [-0.39, 0.29) is 0 Å². The lowest BCUT2D eigenvalue weighted by molar-refractivity contribution is -0.131. The predicted molar refractivity (Wildman–Crippen MR) is 58.3 cm³/mol. The van der Waals surface area contributed by atoms with Gasteiger partial charge in [0.1, 0.15) is 5.78 Å².